The van der Waals surface area contributed by atoms with Crippen LogP contribution in [0.25, 0.3) is 0 Å². The second kappa shape index (κ2) is 12.6. The van der Waals surface area contributed by atoms with Gasteiger partial charge in [0.05, 0.1) is 0 Å². The molecule has 3 aliphatic rings. The third kappa shape index (κ3) is 7.07. The first-order valence-electron chi connectivity index (χ1n) is 12.6. The Hall–Kier alpha value is -0.860. The summed E-state index contributed by atoms with van der Waals surface area (Å²) < 4.78 is 0. The normalized spacial score (nSPS) is 29.1. The Bertz CT molecular complexity index is 695. The molecule has 3 heterocycles. The molecular weight excluding hydrogens is 509 g/mol. The number of piperidine rings is 2. The highest BCUT2D eigenvalue weighted by Crippen LogP contribution is 2.36. The molecule has 0 amide bonds. The Balaban J connectivity index is 0.00000289. The molecule has 0 saturated carbocycles. The van der Waals surface area contributed by atoms with Crippen molar-refractivity contribution in [3.63, 3.8) is 0 Å². The van der Waals surface area contributed by atoms with E-state index in [0.717, 1.165) is 30.9 Å². The van der Waals surface area contributed by atoms with E-state index in [-0.39, 0.29) is 24.0 Å². The summed E-state index contributed by atoms with van der Waals surface area (Å²) >= 11 is 0. The SMILES string of the molecule is CN=C(NCC1CCCN(CC(C)C)C1)NC1CC2CCC(C1)N2Cc1ccccc1.I. The molecule has 0 aliphatic carbocycles. The summed E-state index contributed by atoms with van der Waals surface area (Å²) in [5.41, 5.74) is 1.45. The molecule has 2 bridgehead atoms. The van der Waals surface area contributed by atoms with Crippen LogP contribution in [0.2, 0.25) is 0 Å². The molecule has 2 N–H and O–H groups in total. The molecule has 1 aromatic carbocycles. The Morgan fingerprint density at radius 2 is 1.81 bits per heavy atom. The van der Waals surface area contributed by atoms with Crippen LogP contribution in [-0.2, 0) is 6.54 Å². The zero-order chi connectivity index (χ0) is 21.6. The maximum Gasteiger partial charge on any atom is 0.191 e. The summed E-state index contributed by atoms with van der Waals surface area (Å²) in [5, 5.41) is 7.43. The minimum absolute atomic E-state index is 0. The molecule has 32 heavy (non-hydrogen) atoms. The van der Waals surface area contributed by atoms with Gasteiger partial charge < -0.3 is 15.5 Å². The summed E-state index contributed by atoms with van der Waals surface area (Å²) in [7, 11) is 1.92. The second-order valence-corrected chi connectivity index (χ2v) is 10.5. The number of likely N-dealkylation sites (tertiary alicyclic amines) is 1. The molecule has 3 aliphatic heterocycles. The fourth-order valence-electron chi connectivity index (χ4n) is 6.07. The molecule has 0 aromatic heterocycles. The lowest BCUT2D eigenvalue weighted by atomic mass is 9.96. The van der Waals surface area contributed by atoms with Gasteiger partial charge in [-0.1, -0.05) is 44.2 Å². The van der Waals surface area contributed by atoms with Crippen molar-refractivity contribution in [1.82, 2.24) is 20.4 Å². The van der Waals surface area contributed by atoms with Crippen molar-refractivity contribution in [2.45, 2.75) is 77.0 Å². The Morgan fingerprint density at radius 1 is 1.09 bits per heavy atom. The molecule has 4 rings (SSSR count). The van der Waals surface area contributed by atoms with Crippen molar-refractivity contribution in [2.24, 2.45) is 16.8 Å². The van der Waals surface area contributed by atoms with Crippen LogP contribution in [0.4, 0.5) is 0 Å². The van der Waals surface area contributed by atoms with E-state index in [1.54, 1.807) is 0 Å². The molecular formula is C26H44IN5. The molecule has 180 valence electrons. The number of halogens is 1. The number of rotatable bonds is 7. The maximum absolute atomic E-state index is 4.56. The quantitative estimate of drug-likeness (QED) is 0.300. The standard InChI is InChI=1S/C26H43N5.HI/c1-20(2)17-30-13-7-10-22(18-30)16-28-26(27-3)29-23-14-24-11-12-25(15-23)31(24)19-21-8-5-4-6-9-21;/h4-6,8-9,20,22-25H,7,10-19H2,1-3H3,(H2,27,28,29);1H. The zero-order valence-electron chi connectivity index (χ0n) is 20.3. The van der Waals surface area contributed by atoms with Crippen LogP contribution in [0.3, 0.4) is 0 Å². The van der Waals surface area contributed by atoms with E-state index in [9.17, 15) is 0 Å². The highest BCUT2D eigenvalue weighted by Gasteiger charge is 2.40. The van der Waals surface area contributed by atoms with Crippen LogP contribution in [0.1, 0.15) is 57.9 Å². The van der Waals surface area contributed by atoms with Gasteiger partial charge in [0.25, 0.3) is 0 Å². The average molecular weight is 554 g/mol. The molecule has 3 unspecified atom stereocenters. The largest absolute Gasteiger partial charge is 0.356 e. The maximum atomic E-state index is 4.56. The number of hydrogen-bond donors (Lipinski definition) is 2. The molecule has 5 nitrogen and oxygen atoms in total. The van der Waals surface area contributed by atoms with Crippen LogP contribution in [0.15, 0.2) is 35.3 Å². The Kier molecular flexibility index (Phi) is 10.1. The lowest BCUT2D eigenvalue weighted by molar-refractivity contribution is 0.114. The fraction of sp³-hybridized carbons (Fsp3) is 0.731. The van der Waals surface area contributed by atoms with Gasteiger partial charge in [0.2, 0.25) is 0 Å². The predicted octanol–water partition coefficient (Wildman–Crippen LogP) is 4.33. The van der Waals surface area contributed by atoms with Crippen molar-refractivity contribution in [3.8, 4) is 0 Å². The summed E-state index contributed by atoms with van der Waals surface area (Å²) in [6.07, 6.45) is 7.81. The van der Waals surface area contributed by atoms with E-state index in [4.69, 9.17) is 0 Å². The Labute approximate surface area is 212 Å². The lowest BCUT2D eigenvalue weighted by Crippen LogP contribution is -2.53. The van der Waals surface area contributed by atoms with Gasteiger partial charge in [0.1, 0.15) is 0 Å². The summed E-state index contributed by atoms with van der Waals surface area (Å²) in [5.74, 6) is 2.49. The molecule has 3 fully saturated rings. The number of benzene rings is 1. The number of hydrogen-bond acceptors (Lipinski definition) is 3. The monoisotopic (exact) mass is 553 g/mol. The van der Waals surface area contributed by atoms with Gasteiger partial charge in [0.15, 0.2) is 5.96 Å². The van der Waals surface area contributed by atoms with Crippen LogP contribution in [-0.4, -0.2) is 67.1 Å². The van der Waals surface area contributed by atoms with E-state index >= 15 is 0 Å². The topological polar surface area (TPSA) is 42.9 Å². The molecule has 1 aromatic rings. The van der Waals surface area contributed by atoms with E-state index in [0.29, 0.717) is 18.1 Å². The van der Waals surface area contributed by atoms with Gasteiger partial charge in [-0.15, -0.1) is 24.0 Å². The van der Waals surface area contributed by atoms with E-state index in [1.165, 1.54) is 63.7 Å². The first-order chi connectivity index (χ1) is 15.1. The molecule has 0 spiro atoms. The van der Waals surface area contributed by atoms with Gasteiger partial charge in [-0.25, -0.2) is 0 Å². The van der Waals surface area contributed by atoms with Crippen molar-refractivity contribution in [3.05, 3.63) is 35.9 Å². The predicted molar refractivity (Wildman–Crippen MR) is 146 cm³/mol. The first kappa shape index (κ1) is 25.8. The summed E-state index contributed by atoms with van der Waals surface area (Å²) in [6.45, 7) is 10.5. The fourth-order valence-corrected chi connectivity index (χ4v) is 6.07. The summed E-state index contributed by atoms with van der Waals surface area (Å²) in [6, 6.07) is 12.9. The van der Waals surface area contributed by atoms with E-state index < -0.39 is 0 Å². The van der Waals surface area contributed by atoms with Crippen molar-refractivity contribution >= 4 is 29.9 Å². The number of guanidine groups is 1. The highest BCUT2D eigenvalue weighted by molar-refractivity contribution is 14.0. The van der Waals surface area contributed by atoms with Gasteiger partial charge in [-0.05, 0) is 62.5 Å². The van der Waals surface area contributed by atoms with Crippen LogP contribution in [0.5, 0.6) is 0 Å². The van der Waals surface area contributed by atoms with E-state index in [2.05, 4.69) is 69.6 Å². The number of aliphatic imine (C=N–C) groups is 1. The number of fused-ring (bicyclic) bond motifs is 2. The van der Waals surface area contributed by atoms with Gasteiger partial charge in [-0.2, -0.15) is 0 Å². The lowest BCUT2D eigenvalue weighted by Gasteiger charge is -2.40. The average Bonchev–Trinajstić information content (AvgIpc) is 2.99. The van der Waals surface area contributed by atoms with Gasteiger partial charge in [-0.3, -0.25) is 9.89 Å². The minimum Gasteiger partial charge on any atom is -0.356 e. The highest BCUT2D eigenvalue weighted by atomic mass is 127. The Morgan fingerprint density at radius 3 is 2.47 bits per heavy atom. The van der Waals surface area contributed by atoms with Crippen molar-refractivity contribution in [1.29, 1.82) is 0 Å². The van der Waals surface area contributed by atoms with Crippen LogP contribution < -0.4 is 10.6 Å². The minimum atomic E-state index is 0. The van der Waals surface area contributed by atoms with Crippen LogP contribution in [0, 0.1) is 11.8 Å². The van der Waals surface area contributed by atoms with Gasteiger partial charge >= 0.3 is 0 Å². The third-order valence-corrected chi connectivity index (χ3v) is 7.44. The zero-order valence-corrected chi connectivity index (χ0v) is 22.6. The molecule has 0 radical (unpaired) electrons. The van der Waals surface area contributed by atoms with Crippen molar-refractivity contribution < 1.29 is 0 Å². The van der Waals surface area contributed by atoms with E-state index in [1.807, 2.05) is 7.05 Å². The molecule has 6 heteroatoms. The second-order valence-electron chi connectivity index (χ2n) is 10.5. The number of nitrogens with zero attached hydrogens (tertiary/aromatic N) is 3. The third-order valence-electron chi connectivity index (χ3n) is 7.44. The summed E-state index contributed by atoms with van der Waals surface area (Å²) in [4.78, 5) is 9.97. The first-order valence-corrected chi connectivity index (χ1v) is 12.6. The van der Waals surface area contributed by atoms with Crippen molar-refractivity contribution in [2.75, 3.05) is 33.2 Å². The van der Waals surface area contributed by atoms with Crippen LogP contribution >= 0.6 is 24.0 Å². The molecule has 3 saturated heterocycles. The smallest absolute Gasteiger partial charge is 0.191 e. The van der Waals surface area contributed by atoms with Gasteiger partial charge in [0, 0.05) is 51.4 Å². The molecule has 3 atom stereocenters. The number of nitrogens with one attached hydrogen (secondary N) is 2.